The number of carboxylic acid groups (broad SMARTS) is 1. The van der Waals surface area contributed by atoms with Gasteiger partial charge in [0.25, 0.3) is 5.91 Å². The van der Waals surface area contributed by atoms with Crippen molar-refractivity contribution in [2.75, 3.05) is 18.1 Å². The van der Waals surface area contributed by atoms with Gasteiger partial charge in [-0.2, -0.15) is 11.8 Å². The van der Waals surface area contributed by atoms with Gasteiger partial charge in [0.05, 0.1) is 0 Å². The summed E-state index contributed by atoms with van der Waals surface area (Å²) in [6.07, 6.45) is -0.756. The van der Waals surface area contributed by atoms with Gasteiger partial charge in [0, 0.05) is 23.1 Å². The van der Waals surface area contributed by atoms with Gasteiger partial charge in [0.1, 0.15) is 11.8 Å². The number of nitrogens with zero attached hydrogens (tertiary/aromatic N) is 1. The molecule has 1 amide bonds. The van der Waals surface area contributed by atoms with Crippen molar-refractivity contribution in [1.82, 2.24) is 4.90 Å². The van der Waals surface area contributed by atoms with Crippen LogP contribution in [0.1, 0.15) is 6.92 Å². The molecule has 0 radical (unpaired) electrons. The van der Waals surface area contributed by atoms with E-state index in [2.05, 4.69) is 0 Å². The summed E-state index contributed by atoms with van der Waals surface area (Å²) in [7, 11) is 0. The van der Waals surface area contributed by atoms with E-state index in [4.69, 9.17) is 16.3 Å². The molecule has 1 N–H and O–H groups in total. The van der Waals surface area contributed by atoms with E-state index in [1.165, 1.54) is 16.7 Å². The second-order valence-corrected chi connectivity index (χ2v) is 6.26. The van der Waals surface area contributed by atoms with Crippen LogP contribution in [0.25, 0.3) is 0 Å². The zero-order valence-electron chi connectivity index (χ0n) is 11.5. The van der Waals surface area contributed by atoms with Crippen LogP contribution >= 0.6 is 23.4 Å². The number of carboxylic acids is 1. The van der Waals surface area contributed by atoms with Gasteiger partial charge in [-0.25, -0.2) is 4.79 Å². The molecule has 2 atom stereocenters. The normalized spacial score (nSPS) is 19.9. The highest BCUT2D eigenvalue weighted by Gasteiger charge is 2.35. The summed E-state index contributed by atoms with van der Waals surface area (Å²) < 4.78 is 5.56. The molecular weight excluding hydrogens is 314 g/mol. The Bertz CT molecular complexity index is 539. The van der Waals surface area contributed by atoms with Gasteiger partial charge in [0.2, 0.25) is 0 Å². The maximum absolute atomic E-state index is 12.4. The van der Waals surface area contributed by atoms with E-state index < -0.39 is 18.1 Å². The predicted molar refractivity (Wildman–Crippen MR) is 82.0 cm³/mol. The van der Waals surface area contributed by atoms with Gasteiger partial charge in [-0.3, -0.25) is 4.79 Å². The molecule has 1 aromatic rings. The van der Waals surface area contributed by atoms with Gasteiger partial charge in [-0.05, 0) is 25.1 Å². The van der Waals surface area contributed by atoms with Crippen LogP contribution in [0, 0.1) is 0 Å². The topological polar surface area (TPSA) is 66.8 Å². The van der Waals surface area contributed by atoms with Crippen molar-refractivity contribution in [1.29, 1.82) is 0 Å². The van der Waals surface area contributed by atoms with Gasteiger partial charge >= 0.3 is 5.97 Å². The number of rotatable bonds is 4. The fourth-order valence-electron chi connectivity index (χ4n) is 2.10. The zero-order valence-corrected chi connectivity index (χ0v) is 13.1. The molecule has 5 nitrogen and oxygen atoms in total. The summed E-state index contributed by atoms with van der Waals surface area (Å²) in [6, 6.07) is 5.97. The number of benzene rings is 1. The minimum Gasteiger partial charge on any atom is -0.481 e. The molecule has 1 aliphatic rings. The Morgan fingerprint density at radius 1 is 1.52 bits per heavy atom. The highest BCUT2D eigenvalue weighted by molar-refractivity contribution is 7.99. The maximum atomic E-state index is 12.4. The average molecular weight is 330 g/mol. The van der Waals surface area contributed by atoms with E-state index >= 15 is 0 Å². The monoisotopic (exact) mass is 329 g/mol. The molecule has 114 valence electrons. The van der Waals surface area contributed by atoms with Crippen molar-refractivity contribution < 1.29 is 19.4 Å². The second kappa shape index (κ2) is 7.04. The van der Waals surface area contributed by atoms with Crippen molar-refractivity contribution in [3.8, 4) is 5.75 Å². The lowest BCUT2D eigenvalue weighted by Gasteiger charge is -2.34. The molecule has 0 bridgehead atoms. The molecule has 0 aliphatic carbocycles. The Morgan fingerprint density at radius 3 is 2.95 bits per heavy atom. The lowest BCUT2D eigenvalue weighted by atomic mass is 10.2. The molecule has 1 saturated heterocycles. The number of thioether (sulfide) groups is 1. The first-order valence-corrected chi connectivity index (χ1v) is 8.05. The number of aliphatic carboxylic acids is 1. The van der Waals surface area contributed by atoms with Crippen LogP contribution in [-0.4, -0.2) is 52.1 Å². The fourth-order valence-corrected chi connectivity index (χ4v) is 3.32. The number of carbonyl (C=O) groups excluding carboxylic acids is 1. The van der Waals surface area contributed by atoms with E-state index in [1.807, 2.05) is 0 Å². The summed E-state index contributed by atoms with van der Waals surface area (Å²) in [5.74, 6) is 0.333. The Kier molecular flexibility index (Phi) is 5.36. The third-order valence-corrected chi connectivity index (χ3v) is 4.41. The van der Waals surface area contributed by atoms with E-state index in [9.17, 15) is 14.7 Å². The van der Waals surface area contributed by atoms with Crippen LogP contribution in [0.4, 0.5) is 0 Å². The summed E-state index contributed by atoms with van der Waals surface area (Å²) in [5, 5.41) is 9.72. The molecule has 21 heavy (non-hydrogen) atoms. The van der Waals surface area contributed by atoms with Gasteiger partial charge in [0.15, 0.2) is 6.10 Å². The van der Waals surface area contributed by atoms with Crippen molar-refractivity contribution in [2.45, 2.75) is 19.1 Å². The summed E-state index contributed by atoms with van der Waals surface area (Å²) >= 11 is 7.40. The Morgan fingerprint density at radius 2 is 2.29 bits per heavy atom. The highest BCUT2D eigenvalue weighted by Crippen LogP contribution is 2.21. The molecule has 7 heteroatoms. The molecule has 1 aromatic carbocycles. The van der Waals surface area contributed by atoms with Crippen molar-refractivity contribution in [2.24, 2.45) is 0 Å². The molecule has 1 heterocycles. The van der Waals surface area contributed by atoms with Crippen molar-refractivity contribution in [3.63, 3.8) is 0 Å². The van der Waals surface area contributed by atoms with E-state index in [0.717, 1.165) is 5.75 Å². The van der Waals surface area contributed by atoms with Crippen molar-refractivity contribution >= 4 is 35.2 Å². The molecule has 1 fully saturated rings. The second-order valence-electron chi connectivity index (χ2n) is 4.68. The number of halogens is 1. The molecule has 1 aliphatic heterocycles. The largest absolute Gasteiger partial charge is 0.481 e. The summed E-state index contributed by atoms with van der Waals surface area (Å²) in [4.78, 5) is 25.0. The maximum Gasteiger partial charge on any atom is 0.327 e. The minimum absolute atomic E-state index is 0.317. The Balaban J connectivity index is 2.05. The molecule has 2 rings (SSSR count). The van der Waals surface area contributed by atoms with Gasteiger partial charge < -0.3 is 14.7 Å². The van der Waals surface area contributed by atoms with E-state index in [-0.39, 0.29) is 5.91 Å². The summed E-state index contributed by atoms with van der Waals surface area (Å²) in [5.41, 5.74) is 0. The molecular formula is C14H16ClNO4S. The van der Waals surface area contributed by atoms with Crippen LogP contribution in [0.2, 0.25) is 5.02 Å². The quantitative estimate of drug-likeness (QED) is 0.916. The number of ether oxygens (including phenoxy) is 1. The van der Waals surface area contributed by atoms with Crippen molar-refractivity contribution in [3.05, 3.63) is 29.3 Å². The van der Waals surface area contributed by atoms with Gasteiger partial charge in [-0.15, -0.1) is 0 Å². The molecule has 0 aromatic heterocycles. The molecule has 2 unspecified atom stereocenters. The lowest BCUT2D eigenvalue weighted by Crippen LogP contribution is -2.53. The third-order valence-electron chi connectivity index (χ3n) is 3.15. The van der Waals surface area contributed by atoms with Crippen LogP contribution in [0.3, 0.4) is 0 Å². The molecule has 0 spiro atoms. The number of carbonyl (C=O) groups is 2. The zero-order chi connectivity index (χ0) is 15.4. The van der Waals surface area contributed by atoms with E-state index in [0.29, 0.717) is 23.1 Å². The Hall–Kier alpha value is -1.40. The molecule has 0 saturated carbocycles. The third kappa shape index (κ3) is 4.04. The van der Waals surface area contributed by atoms with Crippen LogP contribution < -0.4 is 4.74 Å². The standard InChI is InChI=1S/C14H16ClNO4S/c1-9(20-11-4-2-3-10(15)7-11)13(17)16-5-6-21-8-12(16)14(18)19/h2-4,7,9,12H,5-6,8H2,1H3,(H,18,19). The Labute approximate surface area is 132 Å². The minimum atomic E-state index is -0.981. The van der Waals surface area contributed by atoms with Crippen LogP contribution in [0.15, 0.2) is 24.3 Å². The number of amides is 1. The fraction of sp³-hybridized carbons (Fsp3) is 0.429. The predicted octanol–water partition coefficient (Wildman–Crippen LogP) is 2.14. The lowest BCUT2D eigenvalue weighted by molar-refractivity contribution is -0.152. The first-order chi connectivity index (χ1) is 9.99. The first kappa shape index (κ1) is 16.0. The number of hydrogen-bond donors (Lipinski definition) is 1. The SMILES string of the molecule is CC(Oc1cccc(Cl)c1)C(=O)N1CCSCC1C(=O)O. The first-order valence-electron chi connectivity index (χ1n) is 6.52. The van der Waals surface area contributed by atoms with Crippen LogP contribution in [-0.2, 0) is 9.59 Å². The number of hydrogen-bond acceptors (Lipinski definition) is 4. The van der Waals surface area contributed by atoms with E-state index in [1.54, 1.807) is 31.2 Å². The van der Waals surface area contributed by atoms with Crippen LogP contribution in [0.5, 0.6) is 5.75 Å². The highest BCUT2D eigenvalue weighted by atomic mass is 35.5. The smallest absolute Gasteiger partial charge is 0.327 e. The van der Waals surface area contributed by atoms with Gasteiger partial charge in [-0.1, -0.05) is 17.7 Å². The summed E-state index contributed by atoms with van der Waals surface area (Å²) in [6.45, 7) is 2.04. The average Bonchev–Trinajstić information content (AvgIpc) is 2.46.